The van der Waals surface area contributed by atoms with Gasteiger partial charge < -0.3 is 20.0 Å². The van der Waals surface area contributed by atoms with Gasteiger partial charge in [-0.3, -0.25) is 0 Å². The van der Waals surface area contributed by atoms with E-state index in [9.17, 15) is 4.79 Å². The highest BCUT2D eigenvalue weighted by atomic mass is 16.7. The van der Waals surface area contributed by atoms with E-state index in [1.165, 1.54) is 7.11 Å². The monoisotopic (exact) mass is 292 g/mol. The van der Waals surface area contributed by atoms with Crippen LogP contribution in [0.2, 0.25) is 0 Å². The number of aryl methyl sites for hydroxylation is 2. The van der Waals surface area contributed by atoms with Gasteiger partial charge in [-0.1, -0.05) is 5.16 Å². The largest absolute Gasteiger partial charge is 0.497 e. The minimum absolute atomic E-state index is 0.0148. The van der Waals surface area contributed by atoms with Crippen LogP contribution in [0.4, 0.5) is 0 Å². The van der Waals surface area contributed by atoms with Crippen molar-refractivity contribution >= 4 is 11.7 Å². The predicted molar refractivity (Wildman–Crippen MR) is 78.5 cm³/mol. The smallest absolute Gasteiger partial charge is 0.354 e. The Hall–Kier alpha value is -2.08. The van der Waals surface area contributed by atoms with Crippen molar-refractivity contribution in [3.05, 3.63) is 28.8 Å². The first-order chi connectivity index (χ1) is 9.97. The Balaban J connectivity index is 2.36. The molecule has 1 heterocycles. The van der Waals surface area contributed by atoms with E-state index in [4.69, 9.17) is 20.0 Å². The third-order valence-electron chi connectivity index (χ3n) is 3.70. The summed E-state index contributed by atoms with van der Waals surface area (Å²) in [7, 11) is 2.94. The molecule has 0 saturated heterocycles. The van der Waals surface area contributed by atoms with Gasteiger partial charge in [-0.2, -0.15) is 0 Å². The van der Waals surface area contributed by atoms with Crippen LogP contribution >= 0.6 is 0 Å². The molecule has 2 rings (SSSR count). The Bertz CT molecular complexity index is 574. The molecule has 0 fully saturated rings. The van der Waals surface area contributed by atoms with Gasteiger partial charge in [0.15, 0.2) is 0 Å². The van der Waals surface area contributed by atoms with Gasteiger partial charge >= 0.3 is 5.97 Å². The van der Waals surface area contributed by atoms with E-state index in [0.29, 0.717) is 12.1 Å². The first-order valence-corrected chi connectivity index (χ1v) is 6.66. The third-order valence-corrected chi connectivity index (χ3v) is 3.70. The summed E-state index contributed by atoms with van der Waals surface area (Å²) in [5.41, 5.74) is 8.13. The molecule has 1 atom stereocenters. The van der Waals surface area contributed by atoms with Crippen molar-refractivity contribution in [2.75, 3.05) is 20.8 Å². The number of hydrogen-bond donors (Lipinski definition) is 1. The Morgan fingerprint density at radius 3 is 2.48 bits per heavy atom. The van der Waals surface area contributed by atoms with Crippen molar-refractivity contribution in [3.63, 3.8) is 0 Å². The van der Waals surface area contributed by atoms with Gasteiger partial charge in [0.2, 0.25) is 0 Å². The summed E-state index contributed by atoms with van der Waals surface area (Å²) in [6, 6.07) is 3.84. The Morgan fingerprint density at radius 1 is 1.38 bits per heavy atom. The maximum absolute atomic E-state index is 11.9. The highest BCUT2D eigenvalue weighted by Gasteiger charge is 2.47. The molecule has 1 unspecified atom stereocenters. The van der Waals surface area contributed by atoms with Gasteiger partial charge in [0.25, 0.3) is 5.60 Å². The number of carbonyl (C=O) groups is 1. The van der Waals surface area contributed by atoms with Gasteiger partial charge in [0, 0.05) is 18.5 Å². The molecule has 1 aromatic rings. The van der Waals surface area contributed by atoms with Crippen LogP contribution in [-0.4, -0.2) is 38.0 Å². The number of hydrogen-bond acceptors (Lipinski definition) is 6. The van der Waals surface area contributed by atoms with Crippen molar-refractivity contribution in [2.45, 2.75) is 25.9 Å². The topological polar surface area (TPSA) is 83.1 Å². The van der Waals surface area contributed by atoms with E-state index in [0.717, 1.165) is 22.4 Å². The van der Waals surface area contributed by atoms with Gasteiger partial charge in [0.05, 0.1) is 19.9 Å². The van der Waals surface area contributed by atoms with E-state index < -0.39 is 11.6 Å². The first kappa shape index (κ1) is 15.3. The third kappa shape index (κ3) is 2.58. The number of nitrogens with two attached hydrogens (primary N) is 1. The van der Waals surface area contributed by atoms with Crippen LogP contribution in [-0.2, 0) is 14.4 Å². The lowest BCUT2D eigenvalue weighted by Gasteiger charge is -2.21. The number of ether oxygens (including phenoxy) is 2. The zero-order valence-corrected chi connectivity index (χ0v) is 12.7. The molecule has 6 heteroatoms. The molecular weight excluding hydrogens is 272 g/mol. The van der Waals surface area contributed by atoms with Gasteiger partial charge in [-0.15, -0.1) is 0 Å². The predicted octanol–water partition coefficient (Wildman–Crippen LogP) is 1.31. The normalized spacial score (nSPS) is 20.7. The molecule has 1 aliphatic rings. The number of carbonyl (C=O) groups excluding carboxylic acids is 1. The lowest BCUT2D eigenvalue weighted by molar-refractivity contribution is -0.165. The van der Waals surface area contributed by atoms with Crippen LogP contribution in [0.3, 0.4) is 0 Å². The molecule has 0 radical (unpaired) electrons. The summed E-state index contributed by atoms with van der Waals surface area (Å²) in [6.07, 6.45) is 0.296. The highest BCUT2D eigenvalue weighted by Crippen LogP contribution is 2.31. The highest BCUT2D eigenvalue weighted by molar-refractivity contribution is 6.06. The maximum atomic E-state index is 11.9. The maximum Gasteiger partial charge on any atom is 0.354 e. The van der Waals surface area contributed by atoms with Crippen LogP contribution in [0.15, 0.2) is 17.3 Å². The molecule has 114 valence electrons. The van der Waals surface area contributed by atoms with Gasteiger partial charge in [-0.25, -0.2) is 4.79 Å². The number of methoxy groups -OCH3 is 2. The van der Waals surface area contributed by atoms with E-state index in [-0.39, 0.29) is 6.54 Å². The van der Waals surface area contributed by atoms with Crippen LogP contribution in [0, 0.1) is 13.8 Å². The van der Waals surface area contributed by atoms with Crippen molar-refractivity contribution in [1.82, 2.24) is 0 Å². The van der Waals surface area contributed by atoms with Crippen molar-refractivity contribution < 1.29 is 19.1 Å². The van der Waals surface area contributed by atoms with E-state index >= 15 is 0 Å². The Kier molecular flexibility index (Phi) is 4.18. The second-order valence-electron chi connectivity index (χ2n) is 5.13. The molecule has 6 nitrogen and oxygen atoms in total. The second-order valence-corrected chi connectivity index (χ2v) is 5.13. The summed E-state index contributed by atoms with van der Waals surface area (Å²) < 4.78 is 10.0. The van der Waals surface area contributed by atoms with Crippen molar-refractivity contribution in [2.24, 2.45) is 10.9 Å². The fourth-order valence-corrected chi connectivity index (χ4v) is 2.60. The number of benzene rings is 1. The molecule has 0 amide bonds. The fourth-order valence-electron chi connectivity index (χ4n) is 2.60. The van der Waals surface area contributed by atoms with Gasteiger partial charge in [0.1, 0.15) is 5.75 Å². The van der Waals surface area contributed by atoms with Crippen LogP contribution < -0.4 is 10.5 Å². The van der Waals surface area contributed by atoms with Gasteiger partial charge in [-0.05, 0) is 37.1 Å². The van der Waals surface area contributed by atoms with Crippen molar-refractivity contribution in [3.8, 4) is 5.75 Å². The van der Waals surface area contributed by atoms with E-state index in [1.54, 1.807) is 7.11 Å². The molecule has 0 bridgehead atoms. The average Bonchev–Trinajstić information content (AvgIpc) is 2.91. The molecule has 0 aromatic heterocycles. The van der Waals surface area contributed by atoms with Crippen LogP contribution in [0.5, 0.6) is 5.75 Å². The Morgan fingerprint density at radius 2 is 2.00 bits per heavy atom. The van der Waals surface area contributed by atoms with E-state index in [1.807, 2.05) is 26.0 Å². The SMILES string of the molecule is COC(=O)C1(CN)CC(c2c(C)cc(OC)cc2C)=NO1. The standard InChI is InChI=1S/C15H20N2O4/c1-9-5-11(19-3)6-10(2)13(9)12-7-15(8-16,21-17-12)14(18)20-4/h5-6H,7-8,16H2,1-4H3. The van der Waals surface area contributed by atoms with Crippen LogP contribution in [0.25, 0.3) is 0 Å². The van der Waals surface area contributed by atoms with Crippen molar-refractivity contribution in [1.29, 1.82) is 0 Å². The Labute approximate surface area is 123 Å². The number of oxime groups is 1. The molecule has 1 aliphatic heterocycles. The van der Waals surface area contributed by atoms with E-state index in [2.05, 4.69) is 5.16 Å². The molecular formula is C15H20N2O4. The molecule has 0 saturated carbocycles. The summed E-state index contributed by atoms with van der Waals surface area (Å²) in [5, 5.41) is 4.07. The summed E-state index contributed by atoms with van der Waals surface area (Å²) >= 11 is 0. The lowest BCUT2D eigenvalue weighted by Crippen LogP contribution is -2.46. The molecule has 21 heavy (non-hydrogen) atoms. The summed E-state index contributed by atoms with van der Waals surface area (Å²) in [5.74, 6) is 0.277. The van der Waals surface area contributed by atoms with Crippen LogP contribution in [0.1, 0.15) is 23.1 Å². The molecule has 1 aromatic carbocycles. The zero-order valence-electron chi connectivity index (χ0n) is 12.7. The zero-order chi connectivity index (χ0) is 15.6. The minimum atomic E-state index is -1.22. The number of nitrogens with zero attached hydrogens (tertiary/aromatic N) is 1. The molecule has 0 spiro atoms. The number of rotatable bonds is 4. The summed E-state index contributed by atoms with van der Waals surface area (Å²) in [4.78, 5) is 17.2. The average molecular weight is 292 g/mol. The lowest BCUT2D eigenvalue weighted by atomic mass is 9.90. The molecule has 0 aliphatic carbocycles. The summed E-state index contributed by atoms with van der Waals surface area (Å²) in [6.45, 7) is 3.95. The quantitative estimate of drug-likeness (QED) is 0.846. The molecule has 2 N–H and O–H groups in total. The minimum Gasteiger partial charge on any atom is -0.497 e. The number of esters is 1. The second kappa shape index (κ2) is 5.73. The fraction of sp³-hybridized carbons (Fsp3) is 0.467. The first-order valence-electron chi connectivity index (χ1n) is 6.66.